The van der Waals surface area contributed by atoms with Gasteiger partial charge in [-0.25, -0.2) is 4.68 Å². The lowest BCUT2D eigenvalue weighted by molar-refractivity contribution is 0.0751. The van der Waals surface area contributed by atoms with Crippen LogP contribution in [0.3, 0.4) is 0 Å². The van der Waals surface area contributed by atoms with Gasteiger partial charge in [-0.1, -0.05) is 6.07 Å². The number of carbonyl (C=O) groups is 1. The van der Waals surface area contributed by atoms with Crippen LogP contribution in [-0.2, 0) is 7.05 Å². The number of rotatable bonds is 4. The minimum absolute atomic E-state index is 0.133. The molecule has 1 unspecified atom stereocenters. The molecule has 1 saturated heterocycles. The maximum absolute atomic E-state index is 12.9. The van der Waals surface area contributed by atoms with Crippen LogP contribution in [0.4, 0.5) is 0 Å². The van der Waals surface area contributed by atoms with Crippen LogP contribution >= 0.6 is 11.8 Å². The molecule has 1 atom stereocenters. The van der Waals surface area contributed by atoms with E-state index in [1.807, 2.05) is 18.2 Å². The van der Waals surface area contributed by atoms with Crippen LogP contribution in [0.25, 0.3) is 0 Å². The quantitative estimate of drug-likeness (QED) is 0.825. The minimum Gasteiger partial charge on any atom is -0.493 e. The van der Waals surface area contributed by atoms with Crippen molar-refractivity contribution in [2.45, 2.75) is 5.37 Å². The number of nitrogens with zero attached hydrogens (tertiary/aromatic N) is 3. The summed E-state index contributed by atoms with van der Waals surface area (Å²) in [7, 11) is 4.70. The summed E-state index contributed by atoms with van der Waals surface area (Å²) >= 11 is 1.68. The second-order valence-electron chi connectivity index (χ2n) is 5.52. The van der Waals surface area contributed by atoms with Crippen LogP contribution in [0.5, 0.6) is 11.5 Å². The van der Waals surface area contributed by atoms with Crippen LogP contribution in [-0.4, -0.2) is 47.1 Å². The number of hydrogen-bond acceptors (Lipinski definition) is 6. The predicted octanol–water partition coefficient (Wildman–Crippen LogP) is 1.69. The largest absolute Gasteiger partial charge is 0.493 e. The van der Waals surface area contributed by atoms with Gasteiger partial charge in [0.25, 0.3) is 11.5 Å². The highest BCUT2D eigenvalue weighted by Gasteiger charge is 2.32. The van der Waals surface area contributed by atoms with E-state index in [0.717, 1.165) is 11.3 Å². The second kappa shape index (κ2) is 7.18. The van der Waals surface area contributed by atoms with Gasteiger partial charge in [-0.2, -0.15) is 5.10 Å². The first kappa shape index (κ1) is 17.3. The van der Waals surface area contributed by atoms with E-state index in [1.165, 1.54) is 23.9 Å². The van der Waals surface area contributed by atoms with E-state index in [-0.39, 0.29) is 22.5 Å². The van der Waals surface area contributed by atoms with Crippen molar-refractivity contribution in [3.63, 3.8) is 0 Å². The van der Waals surface area contributed by atoms with Gasteiger partial charge in [-0.3, -0.25) is 9.59 Å². The van der Waals surface area contributed by atoms with E-state index in [4.69, 9.17) is 9.47 Å². The lowest BCUT2D eigenvalue weighted by atomic mass is 10.1. The van der Waals surface area contributed by atoms with Crippen molar-refractivity contribution < 1.29 is 14.3 Å². The van der Waals surface area contributed by atoms with Gasteiger partial charge in [0.1, 0.15) is 11.1 Å². The third kappa shape index (κ3) is 3.34. The van der Waals surface area contributed by atoms with Crippen molar-refractivity contribution in [2.24, 2.45) is 7.05 Å². The lowest BCUT2D eigenvalue weighted by Crippen LogP contribution is -2.33. The van der Waals surface area contributed by atoms with Gasteiger partial charge in [0, 0.05) is 25.4 Å². The standard InChI is InChI=1S/C17H19N3O4S/c1-19-15(21)7-5-12(18-19)16(22)20-8-9-25-17(20)11-4-6-13(23-2)14(10-11)24-3/h4-7,10,17H,8-9H2,1-3H3. The molecular weight excluding hydrogens is 342 g/mol. The van der Waals surface area contributed by atoms with Crippen molar-refractivity contribution in [1.82, 2.24) is 14.7 Å². The molecule has 25 heavy (non-hydrogen) atoms. The molecule has 1 aliphatic heterocycles. The molecule has 2 heterocycles. The van der Waals surface area contributed by atoms with Crippen molar-refractivity contribution in [1.29, 1.82) is 0 Å². The Labute approximate surface area is 149 Å². The van der Waals surface area contributed by atoms with Crippen LogP contribution in [0.1, 0.15) is 21.4 Å². The van der Waals surface area contributed by atoms with Crippen LogP contribution in [0.2, 0.25) is 0 Å². The van der Waals surface area contributed by atoms with Gasteiger partial charge < -0.3 is 14.4 Å². The molecule has 7 nitrogen and oxygen atoms in total. The molecule has 1 aromatic carbocycles. The Morgan fingerprint density at radius 2 is 1.96 bits per heavy atom. The molecule has 1 amide bonds. The molecule has 0 spiro atoms. The monoisotopic (exact) mass is 361 g/mol. The minimum atomic E-state index is -0.246. The number of methoxy groups -OCH3 is 2. The number of benzene rings is 1. The van der Waals surface area contributed by atoms with Crippen LogP contribution in [0, 0.1) is 0 Å². The summed E-state index contributed by atoms with van der Waals surface area (Å²) in [5.74, 6) is 1.91. The normalized spacial score (nSPS) is 16.8. The van der Waals surface area contributed by atoms with E-state index in [9.17, 15) is 9.59 Å². The maximum Gasteiger partial charge on any atom is 0.275 e. The Bertz CT molecular complexity index is 852. The molecule has 8 heteroatoms. The Balaban J connectivity index is 1.91. The average molecular weight is 361 g/mol. The number of thioether (sulfide) groups is 1. The zero-order chi connectivity index (χ0) is 18.0. The average Bonchev–Trinajstić information content (AvgIpc) is 3.12. The van der Waals surface area contributed by atoms with Crippen LogP contribution in [0.15, 0.2) is 35.1 Å². The van der Waals surface area contributed by atoms with Gasteiger partial charge in [-0.15, -0.1) is 11.8 Å². The second-order valence-corrected chi connectivity index (χ2v) is 6.70. The highest BCUT2D eigenvalue weighted by atomic mass is 32.2. The number of amides is 1. The maximum atomic E-state index is 12.9. The van der Waals surface area contributed by atoms with Gasteiger partial charge in [0.2, 0.25) is 0 Å². The molecule has 1 fully saturated rings. The molecule has 1 aliphatic rings. The summed E-state index contributed by atoms with van der Waals surface area (Å²) in [4.78, 5) is 26.1. The first-order valence-electron chi connectivity index (χ1n) is 7.74. The molecule has 1 aromatic heterocycles. The predicted molar refractivity (Wildman–Crippen MR) is 95.3 cm³/mol. The number of ether oxygens (including phenoxy) is 2. The molecule has 0 saturated carbocycles. The Morgan fingerprint density at radius 1 is 1.20 bits per heavy atom. The topological polar surface area (TPSA) is 73.7 Å². The van der Waals surface area contributed by atoms with Gasteiger partial charge in [0.15, 0.2) is 11.5 Å². The number of aryl methyl sites for hydroxylation is 1. The Morgan fingerprint density at radius 3 is 2.64 bits per heavy atom. The Kier molecular flexibility index (Phi) is 4.98. The summed E-state index contributed by atoms with van der Waals surface area (Å²) in [5, 5.41) is 3.93. The molecule has 0 aliphatic carbocycles. The third-order valence-corrected chi connectivity index (χ3v) is 5.28. The third-order valence-electron chi connectivity index (χ3n) is 4.02. The molecule has 3 rings (SSSR count). The summed E-state index contributed by atoms with van der Waals surface area (Å²) < 4.78 is 11.8. The van der Waals surface area contributed by atoms with Gasteiger partial charge in [0.05, 0.1) is 14.2 Å². The molecule has 2 aromatic rings. The van der Waals surface area contributed by atoms with E-state index >= 15 is 0 Å². The highest BCUT2D eigenvalue weighted by molar-refractivity contribution is 7.99. The van der Waals surface area contributed by atoms with Gasteiger partial charge in [-0.05, 0) is 23.8 Å². The molecule has 132 valence electrons. The fraction of sp³-hybridized carbons (Fsp3) is 0.353. The van der Waals surface area contributed by atoms with E-state index in [1.54, 1.807) is 30.9 Å². The van der Waals surface area contributed by atoms with Crippen molar-refractivity contribution in [2.75, 3.05) is 26.5 Å². The summed E-state index contributed by atoms with van der Waals surface area (Å²) in [6, 6.07) is 8.48. The van der Waals surface area contributed by atoms with Gasteiger partial charge >= 0.3 is 0 Å². The highest BCUT2D eigenvalue weighted by Crippen LogP contribution is 2.41. The first-order chi connectivity index (χ1) is 12.0. The lowest BCUT2D eigenvalue weighted by Gasteiger charge is -2.24. The van der Waals surface area contributed by atoms with E-state index < -0.39 is 0 Å². The number of hydrogen-bond donors (Lipinski definition) is 0. The van der Waals surface area contributed by atoms with Crippen molar-refractivity contribution >= 4 is 17.7 Å². The zero-order valence-electron chi connectivity index (χ0n) is 14.3. The van der Waals surface area contributed by atoms with Crippen molar-refractivity contribution in [3.8, 4) is 11.5 Å². The summed E-state index contributed by atoms with van der Waals surface area (Å²) in [6.07, 6.45) is 0. The molecular formula is C17H19N3O4S. The summed E-state index contributed by atoms with van der Waals surface area (Å²) in [5.41, 5.74) is 0.970. The zero-order valence-corrected chi connectivity index (χ0v) is 15.1. The number of aromatic nitrogens is 2. The van der Waals surface area contributed by atoms with Crippen LogP contribution < -0.4 is 15.0 Å². The molecule has 0 radical (unpaired) electrons. The smallest absolute Gasteiger partial charge is 0.275 e. The van der Waals surface area contributed by atoms with E-state index in [2.05, 4.69) is 5.10 Å². The van der Waals surface area contributed by atoms with Crippen molar-refractivity contribution in [3.05, 3.63) is 51.9 Å². The molecule has 0 bridgehead atoms. The fourth-order valence-electron chi connectivity index (χ4n) is 2.72. The SMILES string of the molecule is COc1ccc(C2SCCN2C(=O)c2ccc(=O)n(C)n2)cc1OC. The fourth-order valence-corrected chi connectivity index (χ4v) is 3.97. The number of carbonyl (C=O) groups excluding carboxylic acids is 1. The summed E-state index contributed by atoms with van der Waals surface area (Å²) in [6.45, 7) is 0.618. The Hall–Kier alpha value is -2.48. The van der Waals surface area contributed by atoms with E-state index in [0.29, 0.717) is 18.0 Å². The molecule has 0 N–H and O–H groups in total. The first-order valence-corrected chi connectivity index (χ1v) is 8.79.